The minimum atomic E-state index is -1.14. The van der Waals surface area contributed by atoms with Crippen LogP contribution in [0.25, 0.3) is 0 Å². The van der Waals surface area contributed by atoms with Crippen molar-refractivity contribution in [1.82, 2.24) is 4.72 Å². The zero-order chi connectivity index (χ0) is 14.3. The molecule has 0 saturated heterocycles. The molecule has 4 heteroatoms. The van der Waals surface area contributed by atoms with Crippen LogP contribution in [0.4, 0.5) is 0 Å². The summed E-state index contributed by atoms with van der Waals surface area (Å²) in [6, 6.07) is 6.60. The van der Waals surface area contributed by atoms with Gasteiger partial charge in [-0.25, -0.2) is 8.93 Å². The molecule has 0 amide bonds. The van der Waals surface area contributed by atoms with Crippen molar-refractivity contribution < 1.29 is 4.21 Å². The number of hydrogen-bond donors (Lipinski definition) is 1. The first-order chi connectivity index (χ1) is 9.56. The molecule has 1 aromatic carbocycles. The molecular formula is C16H19NOS2. The van der Waals surface area contributed by atoms with Crippen LogP contribution in [0.1, 0.15) is 39.6 Å². The number of benzene rings is 1. The van der Waals surface area contributed by atoms with Crippen LogP contribution >= 0.6 is 11.3 Å². The lowest BCUT2D eigenvalue weighted by molar-refractivity contribution is 0.621. The number of aryl methyl sites for hydroxylation is 4. The van der Waals surface area contributed by atoms with Crippen molar-refractivity contribution in [2.24, 2.45) is 0 Å². The second-order valence-corrected chi connectivity index (χ2v) is 7.69. The van der Waals surface area contributed by atoms with Gasteiger partial charge in [-0.15, -0.1) is 11.3 Å². The van der Waals surface area contributed by atoms with Crippen LogP contribution < -0.4 is 4.72 Å². The number of rotatable bonds is 3. The van der Waals surface area contributed by atoms with Gasteiger partial charge in [0.2, 0.25) is 0 Å². The fraction of sp³-hybridized carbons (Fsp3) is 0.375. The Morgan fingerprint density at radius 2 is 1.95 bits per heavy atom. The highest BCUT2D eigenvalue weighted by molar-refractivity contribution is 7.83. The smallest absolute Gasteiger partial charge is 0.126 e. The Morgan fingerprint density at radius 1 is 1.25 bits per heavy atom. The van der Waals surface area contributed by atoms with Crippen molar-refractivity contribution >= 4 is 22.3 Å². The molecule has 20 heavy (non-hydrogen) atoms. The molecule has 1 aliphatic carbocycles. The van der Waals surface area contributed by atoms with Gasteiger partial charge in [-0.05, 0) is 61.7 Å². The molecule has 0 saturated carbocycles. The molecular weight excluding hydrogens is 286 g/mol. The molecule has 1 aliphatic rings. The Hall–Kier alpha value is -0.970. The van der Waals surface area contributed by atoms with Crippen molar-refractivity contribution in [2.45, 2.75) is 44.6 Å². The lowest BCUT2D eigenvalue weighted by atomic mass is 10.1. The summed E-state index contributed by atoms with van der Waals surface area (Å²) in [5.41, 5.74) is 4.78. The van der Waals surface area contributed by atoms with Crippen molar-refractivity contribution in [1.29, 1.82) is 0 Å². The summed E-state index contributed by atoms with van der Waals surface area (Å²) >= 11 is 1.81. The molecule has 1 N–H and O–H groups in total. The van der Waals surface area contributed by atoms with Crippen molar-refractivity contribution in [3.63, 3.8) is 0 Å². The highest BCUT2D eigenvalue weighted by Gasteiger charge is 2.25. The SMILES string of the molecule is Cc1cc(C)c([S@](=O)N[C@@H]2CCc3sccc32)c(C)c1. The lowest BCUT2D eigenvalue weighted by Gasteiger charge is -2.16. The lowest BCUT2D eigenvalue weighted by Crippen LogP contribution is -2.23. The van der Waals surface area contributed by atoms with E-state index in [1.807, 2.05) is 25.2 Å². The monoisotopic (exact) mass is 305 g/mol. The maximum absolute atomic E-state index is 12.7. The van der Waals surface area contributed by atoms with Gasteiger partial charge in [0.25, 0.3) is 0 Å². The van der Waals surface area contributed by atoms with Gasteiger partial charge in [0.15, 0.2) is 0 Å². The van der Waals surface area contributed by atoms with Gasteiger partial charge in [0, 0.05) is 10.9 Å². The van der Waals surface area contributed by atoms with Gasteiger partial charge in [0.05, 0.1) is 4.90 Å². The molecule has 0 bridgehead atoms. The van der Waals surface area contributed by atoms with Crippen molar-refractivity contribution in [3.8, 4) is 0 Å². The summed E-state index contributed by atoms with van der Waals surface area (Å²) in [5.74, 6) is 0. The highest BCUT2D eigenvalue weighted by atomic mass is 32.2. The Kier molecular flexibility index (Phi) is 3.80. The molecule has 0 spiro atoms. The predicted molar refractivity (Wildman–Crippen MR) is 85.6 cm³/mol. The number of fused-ring (bicyclic) bond motifs is 1. The zero-order valence-electron chi connectivity index (χ0n) is 12.0. The number of nitrogens with one attached hydrogen (secondary N) is 1. The normalized spacial score (nSPS) is 19.1. The highest BCUT2D eigenvalue weighted by Crippen LogP contribution is 2.35. The molecule has 3 rings (SSSR count). The van der Waals surface area contributed by atoms with E-state index in [2.05, 4.69) is 35.2 Å². The average Bonchev–Trinajstić information content (AvgIpc) is 2.92. The van der Waals surface area contributed by atoms with Crippen LogP contribution in [0.3, 0.4) is 0 Å². The third-order valence-electron chi connectivity index (χ3n) is 3.85. The van der Waals surface area contributed by atoms with Crippen LogP contribution in [0.2, 0.25) is 0 Å². The zero-order valence-corrected chi connectivity index (χ0v) is 13.7. The van der Waals surface area contributed by atoms with Gasteiger partial charge >= 0.3 is 0 Å². The quantitative estimate of drug-likeness (QED) is 0.913. The molecule has 1 aromatic heterocycles. The van der Waals surface area contributed by atoms with Gasteiger partial charge in [-0.3, -0.25) is 0 Å². The van der Waals surface area contributed by atoms with E-state index in [0.717, 1.165) is 28.9 Å². The maximum atomic E-state index is 12.7. The molecule has 1 heterocycles. The van der Waals surface area contributed by atoms with Gasteiger partial charge in [-0.1, -0.05) is 17.7 Å². The first-order valence-corrected chi connectivity index (χ1v) is 8.91. The van der Waals surface area contributed by atoms with E-state index >= 15 is 0 Å². The largest absolute Gasteiger partial charge is 0.237 e. The van der Waals surface area contributed by atoms with Crippen molar-refractivity contribution in [3.05, 3.63) is 50.7 Å². The number of thiophene rings is 1. The summed E-state index contributed by atoms with van der Waals surface area (Å²) in [5, 5.41) is 2.13. The van der Waals surface area contributed by atoms with Crippen LogP contribution in [0.15, 0.2) is 28.5 Å². The standard InChI is InChI=1S/C16H19NOS2/c1-10-8-11(2)16(12(3)9-10)20(18)17-14-4-5-15-13(14)6-7-19-15/h6-9,14,17H,4-5H2,1-3H3/t14-,20+/m1/s1. The van der Waals surface area contributed by atoms with Crippen molar-refractivity contribution in [2.75, 3.05) is 0 Å². The predicted octanol–water partition coefficient (Wildman–Crippen LogP) is 3.97. The summed E-state index contributed by atoms with van der Waals surface area (Å²) in [6.07, 6.45) is 2.16. The molecule has 2 atom stereocenters. The Bertz CT molecular complexity index is 652. The molecule has 2 nitrogen and oxygen atoms in total. The van der Waals surface area contributed by atoms with Gasteiger partial charge in [-0.2, -0.15) is 0 Å². The van der Waals surface area contributed by atoms with E-state index in [-0.39, 0.29) is 6.04 Å². The van der Waals surface area contributed by atoms with Gasteiger partial charge < -0.3 is 0 Å². The van der Waals surface area contributed by atoms with E-state index in [0.29, 0.717) is 0 Å². The Labute approximate surface area is 126 Å². The first kappa shape index (κ1) is 14.0. The second kappa shape index (κ2) is 5.43. The average molecular weight is 305 g/mol. The van der Waals surface area contributed by atoms with E-state index in [1.54, 1.807) is 0 Å². The summed E-state index contributed by atoms with van der Waals surface area (Å²) < 4.78 is 16.0. The summed E-state index contributed by atoms with van der Waals surface area (Å²) in [6.45, 7) is 6.16. The Balaban J connectivity index is 1.85. The third-order valence-corrected chi connectivity index (χ3v) is 6.36. The molecule has 0 aliphatic heterocycles. The summed E-state index contributed by atoms with van der Waals surface area (Å²) in [7, 11) is -1.14. The fourth-order valence-corrected chi connectivity index (χ4v) is 5.35. The first-order valence-electron chi connectivity index (χ1n) is 6.88. The Morgan fingerprint density at radius 3 is 2.65 bits per heavy atom. The van der Waals surface area contributed by atoms with Crippen LogP contribution in [0.5, 0.6) is 0 Å². The van der Waals surface area contributed by atoms with E-state index in [4.69, 9.17) is 0 Å². The second-order valence-electron chi connectivity index (χ2n) is 5.50. The molecule has 0 fully saturated rings. The van der Waals surface area contributed by atoms with Crippen LogP contribution in [0, 0.1) is 20.8 Å². The maximum Gasteiger partial charge on any atom is 0.126 e. The van der Waals surface area contributed by atoms with Crippen LogP contribution in [-0.4, -0.2) is 4.21 Å². The molecule has 106 valence electrons. The molecule has 0 radical (unpaired) electrons. The minimum absolute atomic E-state index is 0.234. The third kappa shape index (κ3) is 2.48. The van der Waals surface area contributed by atoms with E-state index in [9.17, 15) is 4.21 Å². The topological polar surface area (TPSA) is 29.1 Å². The summed E-state index contributed by atoms with van der Waals surface area (Å²) in [4.78, 5) is 2.39. The molecule has 0 unspecified atom stereocenters. The van der Waals surface area contributed by atoms with Gasteiger partial charge in [0.1, 0.15) is 11.0 Å². The fourth-order valence-electron chi connectivity index (χ4n) is 3.06. The molecule has 2 aromatic rings. The number of hydrogen-bond acceptors (Lipinski definition) is 2. The van der Waals surface area contributed by atoms with E-state index < -0.39 is 11.0 Å². The van der Waals surface area contributed by atoms with E-state index in [1.165, 1.54) is 16.0 Å². The van der Waals surface area contributed by atoms with Crippen LogP contribution in [-0.2, 0) is 17.4 Å². The minimum Gasteiger partial charge on any atom is -0.237 e.